The molecular weight excluding hydrogens is 379 g/mol. The smallest absolute Gasteiger partial charge is 0.294 e. The first-order valence-corrected chi connectivity index (χ1v) is 9.40. The van der Waals surface area contributed by atoms with E-state index in [-0.39, 0.29) is 12.1 Å². The highest BCUT2D eigenvalue weighted by Gasteiger charge is 2.30. The molecule has 0 atom stereocenters. The van der Waals surface area contributed by atoms with Crippen molar-refractivity contribution in [2.24, 2.45) is 0 Å². The van der Waals surface area contributed by atoms with Gasteiger partial charge in [-0.15, -0.1) is 0 Å². The van der Waals surface area contributed by atoms with Gasteiger partial charge in [0.05, 0.1) is 29.7 Å². The molecule has 29 heavy (non-hydrogen) atoms. The fourth-order valence-electron chi connectivity index (χ4n) is 3.59. The van der Waals surface area contributed by atoms with Crippen molar-refractivity contribution >= 4 is 0 Å². The zero-order valence-corrected chi connectivity index (χ0v) is 15.7. The predicted octanol–water partition coefficient (Wildman–Crippen LogP) is 3.87. The third kappa shape index (κ3) is 4.40. The average Bonchev–Trinajstić information content (AvgIpc) is 2.71. The van der Waals surface area contributed by atoms with Crippen LogP contribution in [0.3, 0.4) is 0 Å². The molecule has 3 aromatic rings. The van der Waals surface area contributed by atoms with Crippen LogP contribution < -0.4 is 5.56 Å². The van der Waals surface area contributed by atoms with Gasteiger partial charge in [0, 0.05) is 26.1 Å². The largest absolute Gasteiger partial charge is 0.416 e. The Morgan fingerprint density at radius 1 is 0.931 bits per heavy atom. The van der Waals surface area contributed by atoms with Crippen LogP contribution in [0, 0.1) is 0 Å². The number of benzene rings is 2. The van der Waals surface area contributed by atoms with Crippen LogP contribution in [0.2, 0.25) is 0 Å². The number of fused-ring (bicyclic) bond motifs is 1. The average molecular weight is 399 g/mol. The fourth-order valence-corrected chi connectivity index (χ4v) is 3.59. The summed E-state index contributed by atoms with van der Waals surface area (Å²) in [7, 11) is 0. The maximum Gasteiger partial charge on any atom is 0.416 e. The summed E-state index contributed by atoms with van der Waals surface area (Å²) in [6.45, 7) is 2.30. The van der Waals surface area contributed by atoms with E-state index < -0.39 is 11.7 Å². The summed E-state index contributed by atoms with van der Waals surface area (Å²) >= 11 is 0. The Hall–Kier alpha value is -2.93. The van der Waals surface area contributed by atoms with E-state index in [9.17, 15) is 18.0 Å². The molecule has 0 fully saturated rings. The van der Waals surface area contributed by atoms with E-state index in [0.717, 1.165) is 30.9 Å². The third-order valence-corrected chi connectivity index (χ3v) is 5.15. The van der Waals surface area contributed by atoms with Gasteiger partial charge in [0.1, 0.15) is 0 Å². The molecule has 4 nitrogen and oxygen atoms in total. The molecule has 0 bridgehead atoms. The summed E-state index contributed by atoms with van der Waals surface area (Å²) < 4.78 is 39.6. The molecule has 7 heteroatoms. The minimum atomic E-state index is -4.37. The number of aromatic nitrogens is 2. The molecule has 0 saturated carbocycles. The number of nitrogens with zero attached hydrogens (tertiary/aromatic N) is 3. The van der Waals surface area contributed by atoms with Crippen molar-refractivity contribution < 1.29 is 13.2 Å². The van der Waals surface area contributed by atoms with Crippen LogP contribution in [0.15, 0.2) is 65.7 Å². The lowest BCUT2D eigenvalue weighted by atomic mass is 10.1. The Morgan fingerprint density at radius 2 is 1.62 bits per heavy atom. The van der Waals surface area contributed by atoms with Crippen molar-refractivity contribution in [1.82, 2.24) is 14.5 Å². The van der Waals surface area contributed by atoms with Gasteiger partial charge in [-0.05, 0) is 23.3 Å². The maximum atomic E-state index is 13.0. The van der Waals surface area contributed by atoms with Crippen LogP contribution in [0.25, 0.3) is 0 Å². The van der Waals surface area contributed by atoms with E-state index in [1.807, 2.05) is 18.2 Å². The number of hydrogen-bond acceptors (Lipinski definition) is 3. The zero-order chi connectivity index (χ0) is 20.4. The molecule has 0 amide bonds. The lowest BCUT2D eigenvalue weighted by Crippen LogP contribution is -2.37. The monoisotopic (exact) mass is 399 g/mol. The summed E-state index contributed by atoms with van der Waals surface area (Å²) in [5.74, 6) is 0. The minimum Gasteiger partial charge on any atom is -0.294 e. The molecule has 0 spiro atoms. The van der Waals surface area contributed by atoms with Crippen LogP contribution in [0.5, 0.6) is 0 Å². The van der Waals surface area contributed by atoms with Crippen molar-refractivity contribution in [3.05, 3.63) is 99.2 Å². The molecule has 0 N–H and O–H groups in total. The van der Waals surface area contributed by atoms with Crippen LogP contribution in [-0.4, -0.2) is 21.0 Å². The second kappa shape index (κ2) is 7.83. The summed E-state index contributed by atoms with van der Waals surface area (Å²) in [6, 6.07) is 14.9. The Balaban J connectivity index is 1.52. The first kappa shape index (κ1) is 19.4. The van der Waals surface area contributed by atoms with Gasteiger partial charge in [-0.3, -0.25) is 14.3 Å². The van der Waals surface area contributed by atoms with Gasteiger partial charge in [0.2, 0.25) is 0 Å². The first-order chi connectivity index (χ1) is 13.9. The SMILES string of the molecule is O=c1c2c(ncn1Cc1ccc(C(F)(F)F)cc1)CCN(Cc1ccccc1)C2. The van der Waals surface area contributed by atoms with E-state index in [2.05, 4.69) is 22.0 Å². The fraction of sp³-hybridized carbons (Fsp3) is 0.273. The van der Waals surface area contributed by atoms with Gasteiger partial charge in [0.15, 0.2) is 0 Å². The van der Waals surface area contributed by atoms with Crippen molar-refractivity contribution in [2.75, 3.05) is 6.54 Å². The highest BCUT2D eigenvalue weighted by molar-refractivity contribution is 5.26. The number of hydrogen-bond donors (Lipinski definition) is 0. The van der Waals surface area contributed by atoms with E-state index in [4.69, 9.17) is 0 Å². The lowest BCUT2D eigenvalue weighted by molar-refractivity contribution is -0.137. The molecule has 0 radical (unpaired) electrons. The standard InChI is InChI=1S/C22H20F3N3O/c23-22(24,25)18-8-6-17(7-9-18)13-28-15-26-20-10-11-27(14-19(20)21(28)29)12-16-4-2-1-3-5-16/h1-9,15H,10-14H2. The van der Waals surface area contributed by atoms with Crippen molar-refractivity contribution in [1.29, 1.82) is 0 Å². The Kier molecular flexibility index (Phi) is 5.24. The number of rotatable bonds is 4. The molecular formula is C22H20F3N3O. The van der Waals surface area contributed by atoms with Crippen molar-refractivity contribution in [3.63, 3.8) is 0 Å². The second-order valence-electron chi connectivity index (χ2n) is 7.24. The highest BCUT2D eigenvalue weighted by atomic mass is 19.4. The van der Waals surface area contributed by atoms with Gasteiger partial charge < -0.3 is 0 Å². The van der Waals surface area contributed by atoms with Crippen molar-refractivity contribution in [2.45, 2.75) is 32.2 Å². The van der Waals surface area contributed by atoms with Gasteiger partial charge in [0.25, 0.3) is 5.56 Å². The van der Waals surface area contributed by atoms with E-state index in [1.54, 1.807) is 0 Å². The molecule has 2 aromatic carbocycles. The van der Waals surface area contributed by atoms with Gasteiger partial charge >= 0.3 is 6.18 Å². The lowest BCUT2D eigenvalue weighted by Gasteiger charge is -2.28. The third-order valence-electron chi connectivity index (χ3n) is 5.15. The zero-order valence-electron chi connectivity index (χ0n) is 15.7. The summed E-state index contributed by atoms with van der Waals surface area (Å²) in [4.78, 5) is 19.6. The van der Waals surface area contributed by atoms with Crippen molar-refractivity contribution in [3.8, 4) is 0 Å². The van der Waals surface area contributed by atoms with Gasteiger partial charge in [-0.2, -0.15) is 13.2 Å². The Labute approximate surface area is 166 Å². The van der Waals surface area contributed by atoms with E-state index in [0.29, 0.717) is 24.1 Å². The molecule has 1 aliphatic rings. The second-order valence-corrected chi connectivity index (χ2v) is 7.24. The molecule has 150 valence electrons. The quantitative estimate of drug-likeness (QED) is 0.669. The topological polar surface area (TPSA) is 38.1 Å². The molecule has 4 rings (SSSR count). The Morgan fingerprint density at radius 3 is 2.31 bits per heavy atom. The highest BCUT2D eigenvalue weighted by Crippen LogP contribution is 2.29. The first-order valence-electron chi connectivity index (χ1n) is 9.40. The molecule has 0 aliphatic carbocycles. The molecule has 1 aromatic heterocycles. The normalized spacial score (nSPS) is 14.6. The number of halogens is 3. The Bertz CT molecular complexity index is 1040. The van der Waals surface area contributed by atoms with E-state index >= 15 is 0 Å². The van der Waals surface area contributed by atoms with Crippen LogP contribution in [0.4, 0.5) is 13.2 Å². The van der Waals surface area contributed by atoms with Crippen LogP contribution in [-0.2, 0) is 32.2 Å². The minimum absolute atomic E-state index is 0.132. The summed E-state index contributed by atoms with van der Waals surface area (Å²) in [5.41, 5.74) is 2.45. The van der Waals surface area contributed by atoms with Crippen LogP contribution >= 0.6 is 0 Å². The molecule has 2 heterocycles. The van der Waals surface area contributed by atoms with Crippen LogP contribution in [0.1, 0.15) is 27.9 Å². The summed E-state index contributed by atoms with van der Waals surface area (Å²) in [5, 5.41) is 0. The molecule has 0 unspecified atom stereocenters. The molecule has 0 saturated heterocycles. The molecule has 1 aliphatic heterocycles. The summed E-state index contributed by atoms with van der Waals surface area (Å²) in [6.07, 6.45) is -2.17. The number of alkyl halides is 3. The van der Waals surface area contributed by atoms with E-state index in [1.165, 1.54) is 28.6 Å². The van der Waals surface area contributed by atoms with Gasteiger partial charge in [-0.1, -0.05) is 42.5 Å². The predicted molar refractivity (Wildman–Crippen MR) is 103 cm³/mol. The van der Waals surface area contributed by atoms with Gasteiger partial charge in [-0.25, -0.2) is 4.98 Å². The maximum absolute atomic E-state index is 13.0.